The lowest BCUT2D eigenvalue weighted by molar-refractivity contribution is -0.156. The van der Waals surface area contributed by atoms with E-state index in [4.69, 9.17) is 10.5 Å². The van der Waals surface area contributed by atoms with Gasteiger partial charge in [-0.05, 0) is 26.8 Å². The summed E-state index contributed by atoms with van der Waals surface area (Å²) in [6.45, 7) is 5.28. The Labute approximate surface area is 148 Å². The molecule has 3 rings (SSSR count). The number of hydrogen-bond donors (Lipinski definition) is 1. The summed E-state index contributed by atoms with van der Waals surface area (Å²) in [5, 5.41) is 13.6. The van der Waals surface area contributed by atoms with E-state index in [-0.39, 0.29) is 17.6 Å². The van der Waals surface area contributed by atoms with E-state index in [2.05, 4.69) is 20.3 Å². The van der Waals surface area contributed by atoms with Crippen LogP contribution < -0.4 is 5.73 Å². The molecule has 2 aliphatic heterocycles. The topological polar surface area (TPSA) is 123 Å². The number of carbonyl (C=O) groups excluding carboxylic acids is 2. The highest BCUT2D eigenvalue weighted by molar-refractivity contribution is 8.15. The Balaban J connectivity index is 1.80. The number of amides is 1. The zero-order valence-electron chi connectivity index (χ0n) is 14.0. The summed E-state index contributed by atoms with van der Waals surface area (Å²) in [4.78, 5) is 28.4. The van der Waals surface area contributed by atoms with E-state index >= 15 is 0 Å². The molecular formula is C15H18N6O3S. The zero-order chi connectivity index (χ0) is 18.2. The third-order valence-corrected chi connectivity index (χ3v) is 4.67. The quantitative estimate of drug-likeness (QED) is 0.757. The lowest BCUT2D eigenvalue weighted by Gasteiger charge is -2.24. The van der Waals surface area contributed by atoms with Crippen LogP contribution in [0.25, 0.3) is 0 Å². The largest absolute Gasteiger partial charge is 0.459 e. The summed E-state index contributed by atoms with van der Waals surface area (Å²) in [5.74, 6) is -1.08. The van der Waals surface area contributed by atoms with Crippen LogP contribution in [0.4, 0.5) is 0 Å². The van der Waals surface area contributed by atoms with Crippen molar-refractivity contribution in [2.24, 2.45) is 15.8 Å². The molecule has 3 heterocycles. The van der Waals surface area contributed by atoms with Crippen LogP contribution >= 0.6 is 11.8 Å². The van der Waals surface area contributed by atoms with Crippen molar-refractivity contribution in [3.63, 3.8) is 0 Å². The number of hydrazone groups is 1. The van der Waals surface area contributed by atoms with Gasteiger partial charge in [0, 0.05) is 5.56 Å². The molecule has 1 aromatic heterocycles. The maximum atomic E-state index is 12.1. The van der Waals surface area contributed by atoms with Gasteiger partial charge in [0.25, 0.3) is 5.91 Å². The van der Waals surface area contributed by atoms with Gasteiger partial charge in [-0.25, -0.2) is 0 Å². The van der Waals surface area contributed by atoms with Crippen molar-refractivity contribution in [1.82, 2.24) is 15.2 Å². The first-order valence-electron chi connectivity index (χ1n) is 7.63. The fourth-order valence-electron chi connectivity index (χ4n) is 2.46. The molecule has 0 fully saturated rings. The summed E-state index contributed by atoms with van der Waals surface area (Å²) in [6, 6.07) is 1.26. The van der Waals surface area contributed by atoms with E-state index in [1.807, 2.05) is 0 Å². The average molecular weight is 362 g/mol. The second kappa shape index (κ2) is 6.43. The number of nitrogens with two attached hydrogens (primary N) is 1. The van der Waals surface area contributed by atoms with E-state index in [0.29, 0.717) is 5.04 Å². The predicted octanol–water partition coefficient (Wildman–Crippen LogP) is 0.163. The monoisotopic (exact) mass is 362 g/mol. The first-order valence-corrected chi connectivity index (χ1v) is 8.51. The summed E-state index contributed by atoms with van der Waals surface area (Å²) < 4.78 is 5.32. The van der Waals surface area contributed by atoms with Crippen molar-refractivity contribution in [3.8, 4) is 0 Å². The number of aliphatic imine (C=N–C) groups is 1. The van der Waals surface area contributed by atoms with Crippen LogP contribution in [0.2, 0.25) is 0 Å². The number of ether oxygens (including phenoxy) is 1. The highest BCUT2D eigenvalue weighted by Crippen LogP contribution is 2.37. The standard InChI is InChI=1S/C15H18N6O3S/c1-15(2,3)24-9(22)7-21-14-11(10(20-21)12(16)23)19-13(25-14)8-4-5-17-18-6-8/h4-6,11,14H,7H2,1-3H3,(H2,16,23). The molecule has 0 radical (unpaired) electrons. The third-order valence-electron chi connectivity index (χ3n) is 3.36. The minimum absolute atomic E-state index is 0.0837. The molecule has 2 atom stereocenters. The molecule has 10 heteroatoms. The SMILES string of the molecule is CC(C)(C)OC(=O)CN1N=C(C(N)=O)C2N=C(c3ccnnc3)SC21. The number of carbonyl (C=O) groups is 2. The van der Waals surface area contributed by atoms with Crippen molar-refractivity contribution in [3.05, 3.63) is 24.0 Å². The Morgan fingerprint density at radius 2 is 2.12 bits per heavy atom. The molecule has 0 spiro atoms. The molecule has 0 bridgehead atoms. The van der Waals surface area contributed by atoms with Gasteiger partial charge < -0.3 is 10.5 Å². The number of esters is 1. The average Bonchev–Trinajstić information content (AvgIpc) is 3.07. The number of hydrogen-bond acceptors (Lipinski definition) is 9. The molecule has 0 aromatic carbocycles. The number of thioether (sulfide) groups is 1. The van der Waals surface area contributed by atoms with E-state index in [0.717, 1.165) is 5.56 Å². The molecule has 2 N–H and O–H groups in total. The molecule has 2 aliphatic rings. The van der Waals surface area contributed by atoms with E-state index in [9.17, 15) is 9.59 Å². The zero-order valence-corrected chi connectivity index (χ0v) is 14.9. The minimum Gasteiger partial charge on any atom is -0.459 e. The molecule has 0 aliphatic carbocycles. The van der Waals surface area contributed by atoms with Crippen LogP contribution in [0.15, 0.2) is 28.6 Å². The Morgan fingerprint density at radius 1 is 1.36 bits per heavy atom. The Bertz CT molecular complexity index is 758. The molecule has 2 unspecified atom stereocenters. The van der Waals surface area contributed by atoms with Crippen LogP contribution in [-0.4, -0.2) is 61.4 Å². The maximum absolute atomic E-state index is 12.1. The van der Waals surface area contributed by atoms with Gasteiger partial charge in [-0.3, -0.25) is 19.6 Å². The lowest BCUT2D eigenvalue weighted by Crippen LogP contribution is -2.38. The molecule has 0 saturated heterocycles. The molecule has 1 amide bonds. The predicted molar refractivity (Wildman–Crippen MR) is 92.9 cm³/mol. The maximum Gasteiger partial charge on any atom is 0.327 e. The first kappa shape index (κ1) is 17.3. The van der Waals surface area contributed by atoms with Gasteiger partial charge in [0.1, 0.15) is 28.6 Å². The van der Waals surface area contributed by atoms with Crippen molar-refractivity contribution in [2.75, 3.05) is 6.54 Å². The highest BCUT2D eigenvalue weighted by atomic mass is 32.2. The van der Waals surface area contributed by atoms with Gasteiger partial charge in [0.05, 0.1) is 12.4 Å². The minimum atomic E-state index is -0.653. The van der Waals surface area contributed by atoms with Crippen LogP contribution in [-0.2, 0) is 14.3 Å². The number of fused-ring (bicyclic) bond motifs is 1. The van der Waals surface area contributed by atoms with Crippen molar-refractivity contribution in [1.29, 1.82) is 0 Å². The molecule has 9 nitrogen and oxygen atoms in total. The van der Waals surface area contributed by atoms with Crippen molar-refractivity contribution >= 4 is 34.4 Å². The normalized spacial score (nSPS) is 22.3. The van der Waals surface area contributed by atoms with E-state index in [1.165, 1.54) is 16.8 Å². The lowest BCUT2D eigenvalue weighted by atomic mass is 10.2. The van der Waals surface area contributed by atoms with Gasteiger partial charge in [-0.2, -0.15) is 15.3 Å². The molecule has 1 aromatic rings. The molecular weight excluding hydrogens is 344 g/mol. The Kier molecular flexibility index (Phi) is 4.46. The van der Waals surface area contributed by atoms with E-state index < -0.39 is 23.5 Å². The molecule has 0 saturated carbocycles. The number of rotatable bonds is 4. The Hall–Kier alpha value is -2.49. The second-order valence-corrected chi connectivity index (χ2v) is 7.66. The number of aromatic nitrogens is 2. The number of nitrogens with zero attached hydrogens (tertiary/aromatic N) is 5. The van der Waals surface area contributed by atoms with Gasteiger partial charge in [0.15, 0.2) is 5.71 Å². The summed E-state index contributed by atoms with van der Waals surface area (Å²) >= 11 is 1.40. The van der Waals surface area contributed by atoms with Crippen LogP contribution in [0.3, 0.4) is 0 Å². The first-order chi connectivity index (χ1) is 11.7. The van der Waals surface area contributed by atoms with Crippen molar-refractivity contribution < 1.29 is 14.3 Å². The van der Waals surface area contributed by atoms with Crippen LogP contribution in [0, 0.1) is 0 Å². The van der Waals surface area contributed by atoms with E-state index in [1.54, 1.807) is 39.2 Å². The molecule has 132 valence electrons. The molecule has 25 heavy (non-hydrogen) atoms. The van der Waals surface area contributed by atoms with Gasteiger partial charge >= 0.3 is 5.97 Å². The number of primary amides is 1. The van der Waals surface area contributed by atoms with Gasteiger partial charge in [-0.1, -0.05) is 11.8 Å². The van der Waals surface area contributed by atoms with Crippen molar-refractivity contribution in [2.45, 2.75) is 37.8 Å². The third kappa shape index (κ3) is 3.78. The highest BCUT2D eigenvalue weighted by Gasteiger charge is 2.46. The fraction of sp³-hybridized carbons (Fsp3) is 0.467. The van der Waals surface area contributed by atoms with Gasteiger partial charge in [0.2, 0.25) is 0 Å². The Morgan fingerprint density at radius 3 is 2.72 bits per heavy atom. The van der Waals surface area contributed by atoms with Gasteiger partial charge in [-0.15, -0.1) is 0 Å². The second-order valence-electron chi connectivity index (χ2n) is 6.55. The fourth-order valence-corrected chi connectivity index (χ4v) is 3.68. The summed E-state index contributed by atoms with van der Waals surface area (Å²) in [6.07, 6.45) is 3.15. The van der Waals surface area contributed by atoms with Crippen LogP contribution in [0.1, 0.15) is 26.3 Å². The summed E-state index contributed by atoms with van der Waals surface area (Å²) in [7, 11) is 0. The van der Waals surface area contributed by atoms with Crippen LogP contribution in [0.5, 0.6) is 0 Å². The smallest absolute Gasteiger partial charge is 0.327 e. The summed E-state index contributed by atoms with van der Waals surface area (Å²) in [5.41, 5.74) is 5.75.